The third kappa shape index (κ3) is 4.40. The summed E-state index contributed by atoms with van der Waals surface area (Å²) in [5.74, 6) is -0.843. The molecule has 1 heterocycles. The van der Waals surface area contributed by atoms with Crippen molar-refractivity contribution in [2.24, 2.45) is 0 Å². The molecule has 0 aromatic carbocycles. The first kappa shape index (κ1) is 14.0. The molecule has 0 atom stereocenters. The van der Waals surface area contributed by atoms with E-state index in [4.69, 9.17) is 5.11 Å². The highest BCUT2D eigenvalue weighted by molar-refractivity contribution is 5.93. The van der Waals surface area contributed by atoms with E-state index in [0.29, 0.717) is 6.54 Å². The number of aromatic nitrogens is 1. The third-order valence-electron chi connectivity index (χ3n) is 2.13. The van der Waals surface area contributed by atoms with Gasteiger partial charge in [-0.15, -0.1) is 0 Å². The summed E-state index contributed by atoms with van der Waals surface area (Å²) in [5, 5.41) is 14.5. The zero-order chi connectivity index (χ0) is 13.5. The maximum absolute atomic E-state index is 11.4. The van der Waals surface area contributed by atoms with Gasteiger partial charge in [-0.3, -0.25) is 4.79 Å². The molecule has 6 heteroatoms. The van der Waals surface area contributed by atoms with Gasteiger partial charge in [0.2, 0.25) is 5.91 Å². The van der Waals surface area contributed by atoms with E-state index >= 15 is 0 Å². The fourth-order valence-corrected chi connectivity index (χ4v) is 1.41. The van der Waals surface area contributed by atoms with E-state index in [-0.39, 0.29) is 29.8 Å². The van der Waals surface area contributed by atoms with Crippen molar-refractivity contribution in [3.05, 3.63) is 23.9 Å². The number of carbonyl (C=O) groups excluding carboxylic acids is 1. The Morgan fingerprint density at radius 2 is 2.17 bits per heavy atom. The Morgan fingerprint density at radius 3 is 2.78 bits per heavy atom. The van der Waals surface area contributed by atoms with Gasteiger partial charge in [0.1, 0.15) is 11.4 Å². The van der Waals surface area contributed by atoms with Gasteiger partial charge in [-0.05, 0) is 26.0 Å². The number of anilines is 1. The van der Waals surface area contributed by atoms with E-state index in [1.165, 1.54) is 12.3 Å². The highest BCUT2D eigenvalue weighted by Gasteiger charge is 2.10. The van der Waals surface area contributed by atoms with E-state index in [1.807, 2.05) is 13.8 Å². The molecule has 0 fully saturated rings. The van der Waals surface area contributed by atoms with Crippen molar-refractivity contribution in [3.63, 3.8) is 0 Å². The number of amides is 1. The molecule has 1 amide bonds. The molecule has 0 aliphatic heterocycles. The number of pyridine rings is 1. The van der Waals surface area contributed by atoms with Crippen molar-refractivity contribution < 1.29 is 14.7 Å². The van der Waals surface area contributed by atoms with Crippen molar-refractivity contribution in [3.8, 4) is 0 Å². The molecule has 1 aromatic rings. The number of nitrogens with zero attached hydrogens (tertiary/aromatic N) is 1. The molecule has 0 bridgehead atoms. The SMILES string of the molecule is CC(C)NC(=O)CCNc1ncccc1C(=O)O. The van der Waals surface area contributed by atoms with Gasteiger partial charge in [0, 0.05) is 25.2 Å². The van der Waals surface area contributed by atoms with Crippen LogP contribution in [0.15, 0.2) is 18.3 Å². The number of hydrogen-bond acceptors (Lipinski definition) is 4. The van der Waals surface area contributed by atoms with Gasteiger partial charge in [0.15, 0.2) is 0 Å². The Morgan fingerprint density at radius 1 is 1.44 bits per heavy atom. The summed E-state index contributed by atoms with van der Waals surface area (Å²) in [4.78, 5) is 26.2. The van der Waals surface area contributed by atoms with Gasteiger partial charge in [0.25, 0.3) is 0 Å². The summed E-state index contributed by atoms with van der Waals surface area (Å²) in [6.45, 7) is 4.11. The summed E-state index contributed by atoms with van der Waals surface area (Å²) in [6, 6.07) is 3.12. The Bertz CT molecular complexity index is 432. The summed E-state index contributed by atoms with van der Waals surface area (Å²) in [7, 11) is 0. The second-order valence-corrected chi connectivity index (χ2v) is 4.10. The van der Waals surface area contributed by atoms with Gasteiger partial charge >= 0.3 is 5.97 Å². The summed E-state index contributed by atoms with van der Waals surface area (Å²) < 4.78 is 0. The number of carboxylic acid groups (broad SMARTS) is 1. The Labute approximate surface area is 105 Å². The predicted molar refractivity (Wildman–Crippen MR) is 67.6 cm³/mol. The Hall–Kier alpha value is -2.11. The van der Waals surface area contributed by atoms with Crippen molar-refractivity contribution in [1.82, 2.24) is 10.3 Å². The number of hydrogen-bond donors (Lipinski definition) is 3. The molecule has 0 spiro atoms. The number of aromatic carboxylic acids is 1. The van der Waals surface area contributed by atoms with Crippen molar-refractivity contribution in [2.45, 2.75) is 26.3 Å². The predicted octanol–water partition coefficient (Wildman–Crippen LogP) is 1.11. The van der Waals surface area contributed by atoms with E-state index in [1.54, 1.807) is 6.07 Å². The Balaban J connectivity index is 2.49. The van der Waals surface area contributed by atoms with Crippen LogP contribution in [0.1, 0.15) is 30.6 Å². The zero-order valence-corrected chi connectivity index (χ0v) is 10.4. The molecule has 1 aromatic heterocycles. The van der Waals surface area contributed by atoms with E-state index in [2.05, 4.69) is 15.6 Å². The minimum absolute atomic E-state index is 0.0784. The second kappa shape index (κ2) is 6.58. The highest BCUT2D eigenvalue weighted by atomic mass is 16.4. The first-order valence-corrected chi connectivity index (χ1v) is 5.72. The zero-order valence-electron chi connectivity index (χ0n) is 10.4. The van der Waals surface area contributed by atoms with Crippen LogP contribution in [0.2, 0.25) is 0 Å². The molecule has 6 nitrogen and oxygen atoms in total. The molecule has 0 saturated carbocycles. The van der Waals surface area contributed by atoms with Crippen molar-refractivity contribution >= 4 is 17.7 Å². The lowest BCUT2D eigenvalue weighted by molar-refractivity contribution is -0.121. The maximum Gasteiger partial charge on any atom is 0.339 e. The van der Waals surface area contributed by atoms with Crippen molar-refractivity contribution in [1.29, 1.82) is 0 Å². The van der Waals surface area contributed by atoms with Crippen LogP contribution in [0.3, 0.4) is 0 Å². The topological polar surface area (TPSA) is 91.3 Å². The number of rotatable bonds is 6. The van der Waals surface area contributed by atoms with Crippen LogP contribution in [0.4, 0.5) is 5.82 Å². The maximum atomic E-state index is 11.4. The average Bonchev–Trinajstić information content (AvgIpc) is 2.28. The van der Waals surface area contributed by atoms with E-state index < -0.39 is 5.97 Å². The molecule has 3 N–H and O–H groups in total. The lowest BCUT2D eigenvalue weighted by Gasteiger charge is -2.10. The van der Waals surface area contributed by atoms with Gasteiger partial charge in [0.05, 0.1) is 0 Å². The second-order valence-electron chi connectivity index (χ2n) is 4.10. The number of nitrogens with one attached hydrogen (secondary N) is 2. The van der Waals surface area contributed by atoms with Gasteiger partial charge in [-0.1, -0.05) is 0 Å². The molecular weight excluding hydrogens is 234 g/mol. The van der Waals surface area contributed by atoms with Crippen LogP contribution < -0.4 is 10.6 Å². The van der Waals surface area contributed by atoms with Gasteiger partial charge < -0.3 is 15.7 Å². The fraction of sp³-hybridized carbons (Fsp3) is 0.417. The average molecular weight is 251 g/mol. The molecular formula is C12H17N3O3. The summed E-state index contributed by atoms with van der Waals surface area (Å²) in [5.41, 5.74) is 0.0989. The molecule has 0 unspecified atom stereocenters. The highest BCUT2D eigenvalue weighted by Crippen LogP contribution is 2.10. The first-order chi connectivity index (χ1) is 8.50. The smallest absolute Gasteiger partial charge is 0.339 e. The standard InChI is InChI=1S/C12H17N3O3/c1-8(2)15-10(16)5-7-14-11-9(12(17)18)4-3-6-13-11/h3-4,6,8H,5,7H2,1-2H3,(H,13,14)(H,15,16)(H,17,18). The van der Waals surface area contributed by atoms with Gasteiger partial charge in [-0.2, -0.15) is 0 Å². The molecule has 0 aliphatic rings. The fourth-order valence-electron chi connectivity index (χ4n) is 1.41. The number of carboxylic acids is 1. The molecule has 1 rings (SSSR count). The molecule has 18 heavy (non-hydrogen) atoms. The molecule has 0 radical (unpaired) electrons. The minimum Gasteiger partial charge on any atom is -0.478 e. The summed E-state index contributed by atoms with van der Waals surface area (Å²) in [6.07, 6.45) is 1.77. The third-order valence-corrected chi connectivity index (χ3v) is 2.13. The quantitative estimate of drug-likeness (QED) is 0.704. The Kier molecular flexibility index (Phi) is 5.10. The van der Waals surface area contributed by atoms with Crippen LogP contribution in [0, 0.1) is 0 Å². The monoisotopic (exact) mass is 251 g/mol. The summed E-state index contributed by atoms with van der Waals surface area (Å²) >= 11 is 0. The van der Waals surface area contributed by atoms with Crippen molar-refractivity contribution in [2.75, 3.05) is 11.9 Å². The lowest BCUT2D eigenvalue weighted by atomic mass is 10.2. The largest absolute Gasteiger partial charge is 0.478 e. The van der Waals surface area contributed by atoms with Crippen LogP contribution in [-0.4, -0.2) is 34.6 Å². The molecule has 0 saturated heterocycles. The van der Waals surface area contributed by atoms with Crippen LogP contribution in [-0.2, 0) is 4.79 Å². The van der Waals surface area contributed by atoms with E-state index in [9.17, 15) is 9.59 Å². The van der Waals surface area contributed by atoms with Gasteiger partial charge in [-0.25, -0.2) is 9.78 Å². The normalized spacial score (nSPS) is 10.2. The van der Waals surface area contributed by atoms with E-state index in [0.717, 1.165) is 0 Å². The van der Waals surface area contributed by atoms with Crippen LogP contribution in [0.5, 0.6) is 0 Å². The first-order valence-electron chi connectivity index (χ1n) is 5.72. The van der Waals surface area contributed by atoms with Crippen LogP contribution in [0.25, 0.3) is 0 Å². The minimum atomic E-state index is -1.04. The van der Waals surface area contributed by atoms with Crippen LogP contribution >= 0.6 is 0 Å². The number of carbonyl (C=O) groups is 2. The molecule has 98 valence electrons. The lowest BCUT2D eigenvalue weighted by Crippen LogP contribution is -2.31. The molecule has 0 aliphatic carbocycles.